The maximum Gasteiger partial charge on any atom is 0.275 e. The lowest BCUT2D eigenvalue weighted by Gasteiger charge is -2.07. The van der Waals surface area contributed by atoms with Gasteiger partial charge in [-0.25, -0.2) is 0 Å². The second-order valence-electron chi connectivity index (χ2n) is 4.87. The average Bonchev–Trinajstić information content (AvgIpc) is 2.61. The summed E-state index contributed by atoms with van der Waals surface area (Å²) in [4.78, 5) is 43.0. The lowest BCUT2D eigenvalue weighted by atomic mass is 10.1. The van der Waals surface area contributed by atoms with Gasteiger partial charge in [0.15, 0.2) is 0 Å². The zero-order chi connectivity index (χ0) is 17.1. The van der Waals surface area contributed by atoms with E-state index in [-0.39, 0.29) is 10.9 Å². The molecule has 0 radical (unpaired) electrons. The number of hydrogen-bond acceptors (Lipinski definition) is 4. The summed E-state index contributed by atoms with van der Waals surface area (Å²) in [5, 5.41) is 0.673. The molecule has 24 heavy (non-hydrogen) atoms. The Balaban J connectivity index is 1.80. The fraction of sp³-hybridized carbons (Fsp3) is 0. The Hall–Kier alpha value is -3.19. The summed E-state index contributed by atoms with van der Waals surface area (Å²) >= 11 is 5.88. The van der Waals surface area contributed by atoms with Crippen molar-refractivity contribution in [3.63, 3.8) is 0 Å². The molecule has 0 fully saturated rings. The number of hydrogen-bond donors (Lipinski definition) is 3. The van der Waals surface area contributed by atoms with E-state index in [1.807, 2.05) is 0 Å². The van der Waals surface area contributed by atoms with Crippen LogP contribution in [0.4, 0.5) is 0 Å². The Labute approximate surface area is 140 Å². The minimum Gasteiger partial charge on any atom is -0.360 e. The highest BCUT2D eigenvalue weighted by molar-refractivity contribution is 6.31. The number of fused-ring (bicyclic) bond motifs is 1. The quantitative estimate of drug-likeness (QED) is 0.616. The molecule has 3 aromatic rings. The molecule has 2 heterocycles. The first-order valence-corrected chi connectivity index (χ1v) is 7.26. The third-order valence-electron chi connectivity index (χ3n) is 3.32. The van der Waals surface area contributed by atoms with E-state index in [1.165, 1.54) is 36.8 Å². The SMILES string of the molecule is O=C(NNC(=O)c1c[nH]c2ccc(Cl)cc2c1=O)c1ccncc1. The van der Waals surface area contributed by atoms with Crippen LogP contribution in [0.1, 0.15) is 20.7 Å². The van der Waals surface area contributed by atoms with E-state index in [4.69, 9.17) is 11.6 Å². The monoisotopic (exact) mass is 342 g/mol. The van der Waals surface area contributed by atoms with Gasteiger partial charge in [0.1, 0.15) is 5.56 Å². The first kappa shape index (κ1) is 15.7. The number of benzene rings is 1. The van der Waals surface area contributed by atoms with Crippen molar-refractivity contribution < 1.29 is 9.59 Å². The zero-order valence-electron chi connectivity index (χ0n) is 12.2. The zero-order valence-corrected chi connectivity index (χ0v) is 12.9. The molecule has 0 unspecified atom stereocenters. The number of rotatable bonds is 2. The summed E-state index contributed by atoms with van der Waals surface area (Å²) < 4.78 is 0. The number of halogens is 1. The highest BCUT2D eigenvalue weighted by Crippen LogP contribution is 2.14. The summed E-state index contributed by atoms with van der Waals surface area (Å²) in [5.41, 5.74) is 4.70. The van der Waals surface area contributed by atoms with E-state index in [2.05, 4.69) is 20.8 Å². The topological polar surface area (TPSA) is 104 Å². The highest BCUT2D eigenvalue weighted by Gasteiger charge is 2.14. The molecule has 7 nitrogen and oxygen atoms in total. The second-order valence-corrected chi connectivity index (χ2v) is 5.30. The van der Waals surface area contributed by atoms with Crippen molar-refractivity contribution >= 4 is 34.3 Å². The van der Waals surface area contributed by atoms with E-state index in [0.717, 1.165) is 0 Å². The second kappa shape index (κ2) is 6.51. The first-order valence-electron chi connectivity index (χ1n) is 6.88. The Morgan fingerprint density at radius 1 is 1.04 bits per heavy atom. The molecule has 1 aromatic carbocycles. The van der Waals surface area contributed by atoms with Gasteiger partial charge < -0.3 is 4.98 Å². The maximum atomic E-state index is 12.4. The third kappa shape index (κ3) is 3.11. The highest BCUT2D eigenvalue weighted by atomic mass is 35.5. The van der Waals surface area contributed by atoms with Gasteiger partial charge in [-0.2, -0.15) is 0 Å². The van der Waals surface area contributed by atoms with Crippen LogP contribution in [0, 0.1) is 0 Å². The predicted molar refractivity (Wildman–Crippen MR) is 88.7 cm³/mol. The van der Waals surface area contributed by atoms with E-state index in [9.17, 15) is 14.4 Å². The first-order chi connectivity index (χ1) is 11.6. The average molecular weight is 343 g/mol. The molecular weight excluding hydrogens is 332 g/mol. The Morgan fingerprint density at radius 3 is 2.50 bits per heavy atom. The van der Waals surface area contributed by atoms with Gasteiger partial charge >= 0.3 is 0 Å². The Morgan fingerprint density at radius 2 is 1.75 bits per heavy atom. The largest absolute Gasteiger partial charge is 0.360 e. The van der Waals surface area contributed by atoms with E-state index < -0.39 is 17.2 Å². The molecule has 0 saturated carbocycles. The van der Waals surface area contributed by atoms with Gasteiger partial charge in [-0.05, 0) is 30.3 Å². The molecule has 3 N–H and O–H groups in total. The van der Waals surface area contributed by atoms with E-state index >= 15 is 0 Å². The fourth-order valence-corrected chi connectivity index (χ4v) is 2.29. The number of pyridine rings is 2. The van der Waals surface area contributed by atoms with Crippen LogP contribution in [-0.2, 0) is 0 Å². The summed E-state index contributed by atoms with van der Waals surface area (Å²) in [6.45, 7) is 0. The molecule has 120 valence electrons. The third-order valence-corrected chi connectivity index (χ3v) is 3.55. The molecule has 0 aliphatic heterocycles. The molecule has 0 atom stereocenters. The normalized spacial score (nSPS) is 10.4. The molecule has 0 aliphatic carbocycles. The molecule has 3 rings (SSSR count). The van der Waals surface area contributed by atoms with Crippen LogP contribution in [0.3, 0.4) is 0 Å². The maximum absolute atomic E-state index is 12.4. The number of amides is 2. The number of aromatic nitrogens is 2. The molecule has 0 aliphatic rings. The van der Waals surface area contributed by atoms with Gasteiger partial charge in [0.25, 0.3) is 11.8 Å². The number of hydrazine groups is 1. The van der Waals surface area contributed by atoms with Gasteiger partial charge in [0.05, 0.1) is 0 Å². The van der Waals surface area contributed by atoms with Crippen LogP contribution >= 0.6 is 11.6 Å². The van der Waals surface area contributed by atoms with Gasteiger partial charge in [0, 0.05) is 40.1 Å². The summed E-state index contributed by atoms with van der Waals surface area (Å²) in [6.07, 6.45) is 4.19. The van der Waals surface area contributed by atoms with Crippen molar-refractivity contribution in [3.8, 4) is 0 Å². The molecule has 0 bridgehead atoms. The minimum absolute atomic E-state index is 0.139. The van der Waals surface area contributed by atoms with Crippen LogP contribution in [-0.4, -0.2) is 21.8 Å². The van der Waals surface area contributed by atoms with E-state index in [0.29, 0.717) is 16.1 Å². The van der Waals surface area contributed by atoms with Crippen molar-refractivity contribution in [1.82, 2.24) is 20.8 Å². The van der Waals surface area contributed by atoms with Crippen molar-refractivity contribution in [2.45, 2.75) is 0 Å². The standard InChI is InChI=1S/C16H11ClN4O3/c17-10-1-2-13-11(7-10)14(22)12(8-19-13)16(24)21-20-15(23)9-3-5-18-6-4-9/h1-8H,(H,19,22)(H,20,23)(H,21,24). The van der Waals surface area contributed by atoms with Crippen LogP contribution < -0.4 is 16.3 Å². The number of nitrogens with one attached hydrogen (secondary N) is 3. The Kier molecular flexibility index (Phi) is 4.26. The molecule has 8 heteroatoms. The fourth-order valence-electron chi connectivity index (χ4n) is 2.12. The molecule has 2 aromatic heterocycles. The van der Waals surface area contributed by atoms with Gasteiger partial charge in [-0.3, -0.25) is 30.2 Å². The number of carbonyl (C=O) groups excluding carboxylic acids is 2. The van der Waals surface area contributed by atoms with Crippen LogP contribution in [0.5, 0.6) is 0 Å². The van der Waals surface area contributed by atoms with Gasteiger partial charge in [-0.1, -0.05) is 11.6 Å². The lowest BCUT2D eigenvalue weighted by Crippen LogP contribution is -2.43. The molecular formula is C16H11ClN4O3. The molecule has 0 spiro atoms. The predicted octanol–water partition coefficient (Wildman–Crippen LogP) is 1.65. The van der Waals surface area contributed by atoms with Crippen LogP contribution in [0.25, 0.3) is 10.9 Å². The summed E-state index contributed by atoms with van der Waals surface area (Å²) in [5.74, 6) is -1.26. The molecule has 0 saturated heterocycles. The van der Waals surface area contributed by atoms with Crippen molar-refractivity contribution in [3.05, 3.63) is 75.3 Å². The summed E-state index contributed by atoms with van der Waals surface area (Å²) in [7, 11) is 0. The van der Waals surface area contributed by atoms with E-state index in [1.54, 1.807) is 12.1 Å². The van der Waals surface area contributed by atoms with Gasteiger partial charge in [-0.15, -0.1) is 0 Å². The number of aromatic amines is 1. The number of H-pyrrole nitrogens is 1. The smallest absolute Gasteiger partial charge is 0.275 e. The minimum atomic E-state index is -0.736. The summed E-state index contributed by atoms with van der Waals surface area (Å²) in [6, 6.07) is 7.74. The lowest BCUT2D eigenvalue weighted by molar-refractivity contribution is 0.0846. The van der Waals surface area contributed by atoms with Crippen molar-refractivity contribution in [2.75, 3.05) is 0 Å². The molecule has 2 amide bonds. The van der Waals surface area contributed by atoms with Crippen molar-refractivity contribution in [2.24, 2.45) is 0 Å². The number of carbonyl (C=O) groups is 2. The van der Waals surface area contributed by atoms with Crippen LogP contribution in [0.2, 0.25) is 5.02 Å². The Bertz CT molecular complexity index is 986. The van der Waals surface area contributed by atoms with Crippen molar-refractivity contribution in [1.29, 1.82) is 0 Å². The van der Waals surface area contributed by atoms with Crippen LogP contribution in [0.15, 0.2) is 53.7 Å². The van der Waals surface area contributed by atoms with Gasteiger partial charge in [0.2, 0.25) is 5.43 Å². The number of nitrogens with zero attached hydrogens (tertiary/aromatic N) is 1.